The van der Waals surface area contributed by atoms with Crippen molar-refractivity contribution in [2.45, 2.75) is 44.8 Å². The van der Waals surface area contributed by atoms with E-state index < -0.39 is 0 Å². The molecule has 1 unspecified atom stereocenters. The number of carbonyl (C=O) groups is 1. The Morgan fingerprint density at radius 1 is 1.60 bits per heavy atom. The lowest BCUT2D eigenvalue weighted by Crippen LogP contribution is -2.27. The molecule has 0 aliphatic heterocycles. The summed E-state index contributed by atoms with van der Waals surface area (Å²) in [5.41, 5.74) is 2.33. The van der Waals surface area contributed by atoms with E-state index in [-0.39, 0.29) is 5.91 Å². The van der Waals surface area contributed by atoms with Gasteiger partial charge in [0, 0.05) is 13.5 Å². The number of hydrogen-bond donors (Lipinski definition) is 1. The number of aromatic nitrogens is 1. The lowest BCUT2D eigenvalue weighted by Gasteiger charge is -2.11. The molecule has 0 saturated heterocycles. The van der Waals surface area contributed by atoms with Crippen LogP contribution in [0.25, 0.3) is 11.6 Å². The van der Waals surface area contributed by atoms with Crippen LogP contribution in [0.4, 0.5) is 0 Å². The van der Waals surface area contributed by atoms with Gasteiger partial charge in [-0.25, -0.2) is 4.98 Å². The van der Waals surface area contributed by atoms with Gasteiger partial charge in [0.25, 0.3) is 5.22 Å². The third kappa shape index (κ3) is 3.45. The van der Waals surface area contributed by atoms with E-state index in [1.807, 2.05) is 19.3 Å². The van der Waals surface area contributed by atoms with Crippen molar-refractivity contribution in [2.75, 3.05) is 12.8 Å². The molecule has 1 amide bonds. The SMILES string of the molecule is C/C=c1/nc(SC)o/c1=C1/CCCC1CCNC(C)=O. The van der Waals surface area contributed by atoms with Crippen molar-refractivity contribution in [3.8, 4) is 0 Å². The normalized spacial score (nSPS) is 22.4. The summed E-state index contributed by atoms with van der Waals surface area (Å²) in [5.74, 6) is 0.541. The molecule has 1 aliphatic carbocycles. The number of rotatable bonds is 4. The Bertz CT molecular complexity index is 592. The molecule has 0 bridgehead atoms. The summed E-state index contributed by atoms with van der Waals surface area (Å²) in [7, 11) is 0. The topological polar surface area (TPSA) is 55.1 Å². The van der Waals surface area contributed by atoms with Crippen molar-refractivity contribution in [3.05, 3.63) is 10.8 Å². The van der Waals surface area contributed by atoms with Gasteiger partial charge in [-0.15, -0.1) is 0 Å². The zero-order chi connectivity index (χ0) is 14.5. The first kappa shape index (κ1) is 15.2. The zero-order valence-electron chi connectivity index (χ0n) is 12.4. The number of amides is 1. The van der Waals surface area contributed by atoms with Crippen LogP contribution < -0.4 is 16.1 Å². The predicted molar refractivity (Wildman–Crippen MR) is 81.7 cm³/mol. The molecule has 1 saturated carbocycles. The molecule has 2 rings (SSSR count). The van der Waals surface area contributed by atoms with E-state index in [0.29, 0.717) is 5.92 Å². The summed E-state index contributed by atoms with van der Waals surface area (Å²) < 4.78 is 5.89. The van der Waals surface area contributed by atoms with Crippen LogP contribution in [0, 0.1) is 5.92 Å². The quantitative estimate of drug-likeness (QED) is 0.858. The number of thioether (sulfide) groups is 1. The van der Waals surface area contributed by atoms with E-state index in [9.17, 15) is 4.79 Å². The van der Waals surface area contributed by atoms with Crippen molar-refractivity contribution in [3.63, 3.8) is 0 Å². The zero-order valence-corrected chi connectivity index (χ0v) is 13.2. The van der Waals surface area contributed by atoms with Crippen LogP contribution in [-0.4, -0.2) is 23.7 Å². The Morgan fingerprint density at radius 3 is 3.05 bits per heavy atom. The molecule has 20 heavy (non-hydrogen) atoms. The van der Waals surface area contributed by atoms with Crippen LogP contribution in [0.3, 0.4) is 0 Å². The van der Waals surface area contributed by atoms with Crippen LogP contribution in [0.15, 0.2) is 9.64 Å². The van der Waals surface area contributed by atoms with Crippen molar-refractivity contribution in [2.24, 2.45) is 5.92 Å². The first-order valence-electron chi connectivity index (χ1n) is 7.10. The van der Waals surface area contributed by atoms with Crippen LogP contribution in [0.5, 0.6) is 0 Å². The molecule has 1 aromatic heterocycles. The molecule has 1 N–H and O–H groups in total. The fraction of sp³-hybridized carbons (Fsp3) is 0.600. The fourth-order valence-corrected chi connectivity index (χ4v) is 3.14. The Hall–Kier alpha value is -1.23. The molecule has 110 valence electrons. The smallest absolute Gasteiger partial charge is 0.256 e. The first-order valence-corrected chi connectivity index (χ1v) is 8.33. The lowest BCUT2D eigenvalue weighted by atomic mass is 9.98. The van der Waals surface area contributed by atoms with E-state index >= 15 is 0 Å². The average molecular weight is 294 g/mol. The van der Waals surface area contributed by atoms with Gasteiger partial charge in [0.2, 0.25) is 5.91 Å². The van der Waals surface area contributed by atoms with Crippen LogP contribution in [-0.2, 0) is 4.79 Å². The molecule has 0 aromatic carbocycles. The van der Waals surface area contributed by atoms with Gasteiger partial charge < -0.3 is 9.73 Å². The van der Waals surface area contributed by atoms with Crippen LogP contribution in [0.1, 0.15) is 39.5 Å². The molecule has 4 nitrogen and oxygen atoms in total. The maximum Gasteiger partial charge on any atom is 0.256 e. The maximum atomic E-state index is 11.0. The molecule has 0 radical (unpaired) electrons. The van der Waals surface area contributed by atoms with E-state index in [1.54, 1.807) is 6.92 Å². The van der Waals surface area contributed by atoms with Crippen molar-refractivity contribution in [1.29, 1.82) is 0 Å². The number of carbonyl (C=O) groups excluding carboxylic acids is 1. The maximum absolute atomic E-state index is 11.0. The van der Waals surface area contributed by atoms with Gasteiger partial charge in [-0.2, -0.15) is 0 Å². The molecular weight excluding hydrogens is 272 g/mol. The largest absolute Gasteiger partial charge is 0.431 e. The van der Waals surface area contributed by atoms with Crippen molar-refractivity contribution >= 4 is 29.3 Å². The molecular formula is C15H22N2O2S. The first-order chi connectivity index (χ1) is 9.65. The third-order valence-electron chi connectivity index (χ3n) is 3.73. The highest BCUT2D eigenvalue weighted by molar-refractivity contribution is 7.98. The average Bonchev–Trinajstić information content (AvgIpc) is 3.03. The van der Waals surface area contributed by atoms with Gasteiger partial charge in [0.1, 0.15) is 5.35 Å². The summed E-state index contributed by atoms with van der Waals surface area (Å²) in [4.78, 5) is 15.4. The van der Waals surface area contributed by atoms with E-state index in [4.69, 9.17) is 4.42 Å². The highest BCUT2D eigenvalue weighted by Gasteiger charge is 2.23. The predicted octanol–water partition coefficient (Wildman–Crippen LogP) is 1.67. The minimum Gasteiger partial charge on any atom is -0.431 e. The van der Waals surface area contributed by atoms with Gasteiger partial charge in [-0.1, -0.05) is 17.8 Å². The fourth-order valence-electron chi connectivity index (χ4n) is 2.78. The summed E-state index contributed by atoms with van der Waals surface area (Å²) in [6.45, 7) is 4.29. The van der Waals surface area contributed by atoms with Gasteiger partial charge in [-0.3, -0.25) is 4.79 Å². The van der Waals surface area contributed by atoms with Crippen molar-refractivity contribution < 1.29 is 9.21 Å². The van der Waals surface area contributed by atoms with E-state index in [2.05, 4.69) is 10.3 Å². The molecule has 1 fully saturated rings. The highest BCUT2D eigenvalue weighted by atomic mass is 32.2. The Labute approximate surface area is 123 Å². The summed E-state index contributed by atoms with van der Waals surface area (Å²) in [6, 6.07) is 0. The number of oxazole rings is 1. The Kier molecular flexibility index (Phi) is 5.29. The molecule has 1 aliphatic rings. The summed E-state index contributed by atoms with van der Waals surface area (Å²) in [5, 5.41) is 4.56. The number of nitrogens with zero attached hydrogens (tertiary/aromatic N) is 1. The molecule has 1 atom stereocenters. The third-order valence-corrected chi connectivity index (χ3v) is 4.26. The minimum atomic E-state index is 0.0384. The molecule has 0 spiro atoms. The second-order valence-electron chi connectivity index (χ2n) is 5.07. The van der Waals surface area contributed by atoms with Crippen LogP contribution in [0.2, 0.25) is 0 Å². The highest BCUT2D eigenvalue weighted by Crippen LogP contribution is 2.33. The Balaban J connectivity index is 2.27. The monoisotopic (exact) mass is 294 g/mol. The Morgan fingerprint density at radius 2 is 2.40 bits per heavy atom. The standard InChI is InChI=1S/C15H22N2O2S/c1-4-13-14(19-15(17-13)20-3)12-7-5-6-11(12)8-9-16-10(2)18/h4,11H,5-9H2,1-3H3,(H,16,18)/b13-4+,14-12-. The van der Waals surface area contributed by atoms with Gasteiger partial charge in [0.05, 0.1) is 0 Å². The van der Waals surface area contributed by atoms with Gasteiger partial charge >= 0.3 is 0 Å². The van der Waals surface area contributed by atoms with Crippen LogP contribution >= 0.6 is 11.8 Å². The van der Waals surface area contributed by atoms with Crippen molar-refractivity contribution in [1.82, 2.24) is 10.3 Å². The lowest BCUT2D eigenvalue weighted by molar-refractivity contribution is -0.118. The second-order valence-corrected chi connectivity index (χ2v) is 5.83. The van der Waals surface area contributed by atoms with E-state index in [1.165, 1.54) is 30.2 Å². The summed E-state index contributed by atoms with van der Waals surface area (Å²) >= 11 is 1.53. The second kappa shape index (κ2) is 6.97. The molecule has 1 aromatic rings. The van der Waals surface area contributed by atoms with Gasteiger partial charge in [0.15, 0.2) is 5.42 Å². The number of hydrogen-bond acceptors (Lipinski definition) is 4. The minimum absolute atomic E-state index is 0.0384. The molecule has 5 heteroatoms. The van der Waals surface area contributed by atoms with E-state index in [0.717, 1.165) is 35.4 Å². The molecule has 1 heterocycles. The van der Waals surface area contributed by atoms with Gasteiger partial charge in [-0.05, 0) is 50.4 Å². The number of nitrogens with one attached hydrogen (secondary N) is 1. The summed E-state index contributed by atoms with van der Waals surface area (Å²) in [6.07, 6.45) is 8.41.